The fourth-order valence-corrected chi connectivity index (χ4v) is 1.92. The second-order valence-corrected chi connectivity index (χ2v) is 4.75. The van der Waals surface area contributed by atoms with E-state index in [4.69, 9.17) is 16.3 Å². The smallest absolute Gasteiger partial charge is 0.328 e. The summed E-state index contributed by atoms with van der Waals surface area (Å²) in [6, 6.07) is 7.40. The average Bonchev–Trinajstić information content (AvgIpc) is 2.95. The molecule has 0 radical (unpaired) electrons. The normalized spacial score (nSPS) is 10.5. The van der Waals surface area contributed by atoms with Crippen molar-refractivity contribution in [3.63, 3.8) is 0 Å². The summed E-state index contributed by atoms with van der Waals surface area (Å²) in [7, 11) is 0. The summed E-state index contributed by atoms with van der Waals surface area (Å²) in [5.74, 6) is 0.795. The molecule has 0 saturated heterocycles. The Balaban J connectivity index is 1.97. The lowest BCUT2D eigenvalue weighted by Gasteiger charge is -2.06. The number of ether oxygens (including phenoxy) is 1. The number of hydrogen-bond acceptors (Lipinski definition) is 6. The molecule has 0 bridgehead atoms. The molecule has 0 aliphatic rings. The first-order chi connectivity index (χ1) is 9.72. The summed E-state index contributed by atoms with van der Waals surface area (Å²) < 4.78 is 7.71. The second kappa shape index (κ2) is 5.51. The van der Waals surface area contributed by atoms with E-state index in [1.165, 1.54) is 17.3 Å². The average molecular weight is 354 g/mol. The second-order valence-electron chi connectivity index (χ2n) is 3.56. The van der Waals surface area contributed by atoms with Gasteiger partial charge in [0.25, 0.3) is 5.95 Å². The molecule has 0 unspecified atom stereocenters. The van der Waals surface area contributed by atoms with Crippen LogP contribution >= 0.6 is 27.5 Å². The van der Waals surface area contributed by atoms with Crippen LogP contribution < -0.4 is 4.74 Å². The van der Waals surface area contributed by atoms with Gasteiger partial charge in [-0.2, -0.15) is 24.7 Å². The molecular weight excluding hydrogens is 348 g/mol. The van der Waals surface area contributed by atoms with Gasteiger partial charge >= 0.3 is 6.01 Å². The zero-order valence-electron chi connectivity index (χ0n) is 9.81. The minimum absolute atomic E-state index is 0.00699. The highest BCUT2D eigenvalue weighted by atomic mass is 79.9. The van der Waals surface area contributed by atoms with Crippen molar-refractivity contribution >= 4 is 27.5 Å². The lowest BCUT2D eigenvalue weighted by molar-refractivity contribution is 0.434. The van der Waals surface area contributed by atoms with E-state index in [1.54, 1.807) is 6.07 Å². The third-order valence-electron chi connectivity index (χ3n) is 2.24. The van der Waals surface area contributed by atoms with Crippen molar-refractivity contribution in [2.24, 2.45) is 0 Å². The van der Waals surface area contributed by atoms with E-state index in [0.717, 1.165) is 4.47 Å². The lowest BCUT2D eigenvalue weighted by Crippen LogP contribution is -2.05. The summed E-state index contributed by atoms with van der Waals surface area (Å²) in [6.45, 7) is 0. The van der Waals surface area contributed by atoms with Crippen LogP contribution in [0.5, 0.6) is 11.8 Å². The molecule has 3 aromatic rings. The molecular formula is C11H6BrClN6O. The van der Waals surface area contributed by atoms with Crippen molar-refractivity contribution in [3.8, 4) is 17.7 Å². The third kappa shape index (κ3) is 2.75. The Kier molecular flexibility index (Phi) is 3.57. The van der Waals surface area contributed by atoms with Gasteiger partial charge in [0.15, 0.2) is 0 Å². The number of aromatic nitrogens is 6. The van der Waals surface area contributed by atoms with Gasteiger partial charge in [0, 0.05) is 0 Å². The summed E-state index contributed by atoms with van der Waals surface area (Å²) in [5, 5.41) is 3.93. The van der Waals surface area contributed by atoms with Gasteiger partial charge in [-0.1, -0.05) is 12.1 Å². The quantitative estimate of drug-likeness (QED) is 0.720. The monoisotopic (exact) mass is 352 g/mol. The molecule has 1 aromatic carbocycles. The van der Waals surface area contributed by atoms with E-state index in [2.05, 4.69) is 41.0 Å². The molecule has 0 aliphatic heterocycles. The predicted octanol–water partition coefficient (Wildman–Crippen LogP) is 2.66. The molecule has 0 spiro atoms. The Hall–Kier alpha value is -2.06. The number of para-hydroxylation sites is 1. The van der Waals surface area contributed by atoms with Crippen LogP contribution in [0.1, 0.15) is 0 Å². The lowest BCUT2D eigenvalue weighted by atomic mass is 10.3. The van der Waals surface area contributed by atoms with E-state index in [1.807, 2.05) is 18.2 Å². The van der Waals surface area contributed by atoms with Gasteiger partial charge in [0.2, 0.25) is 5.28 Å². The zero-order valence-corrected chi connectivity index (χ0v) is 12.2. The number of rotatable bonds is 3. The maximum atomic E-state index is 5.86. The minimum atomic E-state index is 0.00699. The molecule has 3 rings (SSSR count). The van der Waals surface area contributed by atoms with Gasteiger partial charge in [-0.15, -0.1) is 0 Å². The largest absolute Gasteiger partial charge is 0.423 e. The highest BCUT2D eigenvalue weighted by molar-refractivity contribution is 9.10. The topological polar surface area (TPSA) is 78.6 Å². The molecule has 0 amide bonds. The standard InChI is InChI=1S/C11H6BrClN6O/c12-7-3-1-2-4-8(7)20-11-17-9(13)16-10(18-11)19-6-14-5-15-19/h1-6H. The molecule has 0 N–H and O–H groups in total. The van der Waals surface area contributed by atoms with Crippen molar-refractivity contribution < 1.29 is 4.74 Å². The Morgan fingerprint density at radius 3 is 2.75 bits per heavy atom. The van der Waals surface area contributed by atoms with E-state index in [9.17, 15) is 0 Å². The first kappa shape index (κ1) is 12.9. The first-order valence-electron chi connectivity index (χ1n) is 5.41. The first-order valence-corrected chi connectivity index (χ1v) is 6.58. The highest BCUT2D eigenvalue weighted by Gasteiger charge is 2.10. The predicted molar refractivity (Wildman–Crippen MR) is 74.0 cm³/mol. The molecule has 9 heteroatoms. The van der Waals surface area contributed by atoms with E-state index in [-0.39, 0.29) is 17.2 Å². The molecule has 0 saturated carbocycles. The Morgan fingerprint density at radius 1 is 1.15 bits per heavy atom. The third-order valence-corrected chi connectivity index (χ3v) is 3.06. The molecule has 2 heterocycles. The molecule has 0 atom stereocenters. The fourth-order valence-electron chi connectivity index (χ4n) is 1.41. The van der Waals surface area contributed by atoms with Gasteiger partial charge in [-0.3, -0.25) is 0 Å². The minimum Gasteiger partial charge on any atom is -0.423 e. The van der Waals surface area contributed by atoms with Gasteiger partial charge in [0.05, 0.1) is 4.47 Å². The zero-order chi connectivity index (χ0) is 13.9. The Bertz CT molecular complexity index is 736. The highest BCUT2D eigenvalue weighted by Crippen LogP contribution is 2.27. The number of nitrogens with zero attached hydrogens (tertiary/aromatic N) is 6. The van der Waals surface area contributed by atoms with E-state index < -0.39 is 0 Å². The Morgan fingerprint density at radius 2 is 2.00 bits per heavy atom. The summed E-state index contributed by atoms with van der Waals surface area (Å²) >= 11 is 9.23. The van der Waals surface area contributed by atoms with Crippen LogP contribution in [0, 0.1) is 0 Å². The van der Waals surface area contributed by atoms with Gasteiger partial charge < -0.3 is 4.74 Å². The maximum absolute atomic E-state index is 5.86. The van der Waals surface area contributed by atoms with Crippen LogP contribution in [0.2, 0.25) is 5.28 Å². The molecule has 100 valence electrons. The van der Waals surface area contributed by atoms with Gasteiger partial charge in [-0.05, 0) is 39.7 Å². The van der Waals surface area contributed by atoms with E-state index in [0.29, 0.717) is 5.75 Å². The fraction of sp³-hybridized carbons (Fsp3) is 0. The molecule has 7 nitrogen and oxygen atoms in total. The molecule has 2 aromatic heterocycles. The van der Waals surface area contributed by atoms with Crippen molar-refractivity contribution in [1.29, 1.82) is 0 Å². The maximum Gasteiger partial charge on any atom is 0.328 e. The number of halogens is 2. The van der Waals surface area contributed by atoms with Crippen LogP contribution in [-0.4, -0.2) is 29.7 Å². The van der Waals surface area contributed by atoms with Crippen LogP contribution in [-0.2, 0) is 0 Å². The van der Waals surface area contributed by atoms with Gasteiger partial charge in [0.1, 0.15) is 18.4 Å². The number of hydrogen-bond donors (Lipinski definition) is 0. The SMILES string of the molecule is Clc1nc(Oc2ccccc2Br)nc(-n2cncn2)n1. The molecule has 20 heavy (non-hydrogen) atoms. The van der Waals surface area contributed by atoms with E-state index >= 15 is 0 Å². The van der Waals surface area contributed by atoms with Crippen molar-refractivity contribution in [2.45, 2.75) is 0 Å². The molecule has 0 fully saturated rings. The summed E-state index contributed by atoms with van der Waals surface area (Å²) in [5.41, 5.74) is 0. The number of benzene rings is 1. The Labute approximate surface area is 126 Å². The summed E-state index contributed by atoms with van der Waals surface area (Å²) in [4.78, 5) is 15.8. The van der Waals surface area contributed by atoms with Gasteiger partial charge in [-0.25, -0.2) is 4.98 Å². The van der Waals surface area contributed by atoms with Crippen molar-refractivity contribution in [1.82, 2.24) is 29.7 Å². The van der Waals surface area contributed by atoms with Crippen LogP contribution in [0.15, 0.2) is 41.4 Å². The van der Waals surface area contributed by atoms with Crippen molar-refractivity contribution in [2.75, 3.05) is 0 Å². The van der Waals surface area contributed by atoms with Crippen molar-refractivity contribution in [3.05, 3.63) is 46.7 Å². The van der Waals surface area contributed by atoms with Crippen LogP contribution in [0.3, 0.4) is 0 Å². The van der Waals surface area contributed by atoms with Crippen LogP contribution in [0.25, 0.3) is 5.95 Å². The van der Waals surface area contributed by atoms with Crippen LogP contribution in [0.4, 0.5) is 0 Å². The molecule has 0 aliphatic carbocycles. The summed E-state index contributed by atoms with van der Waals surface area (Å²) in [6.07, 6.45) is 2.82.